The van der Waals surface area contributed by atoms with Crippen LogP contribution in [0.1, 0.15) is 30.5 Å². The van der Waals surface area contributed by atoms with Crippen LogP contribution >= 0.6 is 0 Å². The number of amides is 1. The van der Waals surface area contributed by atoms with Crippen LogP contribution in [0.2, 0.25) is 0 Å². The Morgan fingerprint density at radius 1 is 1.03 bits per heavy atom. The lowest BCUT2D eigenvalue weighted by atomic mass is 10.0. The summed E-state index contributed by atoms with van der Waals surface area (Å²) in [5.74, 6) is 0.998. The van der Waals surface area contributed by atoms with Gasteiger partial charge in [0.2, 0.25) is 0 Å². The highest BCUT2D eigenvalue weighted by Crippen LogP contribution is 2.34. The minimum atomic E-state index is -0.655. The maximum atomic E-state index is 12.0. The van der Waals surface area contributed by atoms with Crippen LogP contribution < -0.4 is 14.4 Å². The molecule has 2 heterocycles. The molecule has 7 heteroatoms. The molecule has 164 valence electrons. The number of esters is 1. The summed E-state index contributed by atoms with van der Waals surface area (Å²) in [6, 6.07) is 10.8. The lowest BCUT2D eigenvalue weighted by Crippen LogP contribution is -2.48. The highest BCUT2D eigenvalue weighted by molar-refractivity contribution is 6.02. The van der Waals surface area contributed by atoms with Crippen LogP contribution in [0.25, 0.3) is 0 Å². The molecule has 0 N–H and O–H groups in total. The number of ketones is 1. The highest BCUT2D eigenvalue weighted by Gasteiger charge is 2.33. The lowest BCUT2D eigenvalue weighted by Gasteiger charge is -2.32. The van der Waals surface area contributed by atoms with Gasteiger partial charge in [-0.3, -0.25) is 14.5 Å². The van der Waals surface area contributed by atoms with Crippen molar-refractivity contribution < 1.29 is 28.6 Å². The average Bonchev–Trinajstić information content (AvgIpc) is 2.74. The van der Waals surface area contributed by atoms with E-state index in [0.29, 0.717) is 24.5 Å². The Labute approximate surface area is 181 Å². The molecule has 1 amide bonds. The first-order chi connectivity index (χ1) is 14.8. The van der Waals surface area contributed by atoms with Gasteiger partial charge in [0.05, 0.1) is 12.3 Å². The maximum Gasteiger partial charge on any atom is 0.328 e. The fraction of sp³-hybridized carbons (Fsp3) is 0.375. The van der Waals surface area contributed by atoms with Gasteiger partial charge in [0, 0.05) is 12.0 Å². The van der Waals surface area contributed by atoms with Crippen molar-refractivity contribution in [2.45, 2.75) is 40.2 Å². The lowest BCUT2D eigenvalue weighted by molar-refractivity contribution is -0.145. The van der Waals surface area contributed by atoms with E-state index in [1.54, 1.807) is 19.9 Å². The molecule has 31 heavy (non-hydrogen) atoms. The Hall–Kier alpha value is -3.35. The molecule has 0 saturated carbocycles. The number of fused-ring (bicyclic) bond motifs is 2. The Kier molecular flexibility index (Phi) is 6.95. The van der Waals surface area contributed by atoms with Crippen molar-refractivity contribution in [1.82, 2.24) is 0 Å². The second kappa shape index (κ2) is 9.64. The van der Waals surface area contributed by atoms with Crippen LogP contribution in [0.5, 0.6) is 11.5 Å². The number of hydrogen-bond donors (Lipinski definition) is 0. The van der Waals surface area contributed by atoms with E-state index < -0.39 is 12.0 Å². The van der Waals surface area contributed by atoms with Crippen molar-refractivity contribution in [3.05, 3.63) is 53.1 Å². The number of ether oxygens (including phenoxy) is 3. The molecule has 4 rings (SSSR count). The zero-order chi connectivity index (χ0) is 22.5. The fourth-order valence-electron chi connectivity index (χ4n) is 3.44. The van der Waals surface area contributed by atoms with Crippen molar-refractivity contribution in [1.29, 1.82) is 0 Å². The SMILES string of the molecule is CCOC(=O)C(C)N1C(=O)COc2cc(C)ccc21.Cc1ccc2c(c1)OCC(=O)C2. The van der Waals surface area contributed by atoms with Gasteiger partial charge in [-0.05, 0) is 57.0 Å². The average molecular weight is 425 g/mol. The van der Waals surface area contributed by atoms with Crippen molar-refractivity contribution in [3.63, 3.8) is 0 Å². The molecule has 2 aliphatic heterocycles. The minimum absolute atomic E-state index is 0.0554. The van der Waals surface area contributed by atoms with Gasteiger partial charge >= 0.3 is 5.97 Å². The number of nitrogens with zero attached hydrogens (tertiary/aromatic N) is 1. The van der Waals surface area contributed by atoms with Crippen molar-refractivity contribution in [2.75, 3.05) is 24.7 Å². The second-order valence-electron chi connectivity index (χ2n) is 7.57. The molecular formula is C24H27NO6. The molecular weight excluding hydrogens is 398 g/mol. The van der Waals surface area contributed by atoms with Gasteiger partial charge < -0.3 is 14.2 Å². The van der Waals surface area contributed by atoms with Gasteiger partial charge in [0.25, 0.3) is 5.91 Å². The molecule has 0 aromatic heterocycles. The predicted molar refractivity (Wildman–Crippen MR) is 116 cm³/mol. The number of carbonyl (C=O) groups excluding carboxylic acids is 3. The van der Waals surface area contributed by atoms with Crippen molar-refractivity contribution >= 4 is 23.3 Å². The topological polar surface area (TPSA) is 82.1 Å². The van der Waals surface area contributed by atoms with Crippen molar-refractivity contribution in [3.8, 4) is 11.5 Å². The molecule has 2 aromatic rings. The normalized spacial score (nSPS) is 15.4. The third-order valence-corrected chi connectivity index (χ3v) is 5.01. The first-order valence-corrected chi connectivity index (χ1v) is 10.3. The van der Waals surface area contributed by atoms with Crippen LogP contribution in [0.3, 0.4) is 0 Å². The van der Waals surface area contributed by atoms with E-state index in [1.165, 1.54) is 10.5 Å². The van der Waals surface area contributed by atoms with E-state index >= 15 is 0 Å². The Balaban J connectivity index is 0.000000194. The Bertz CT molecular complexity index is 1000. The summed E-state index contributed by atoms with van der Waals surface area (Å²) < 4.78 is 15.6. The van der Waals surface area contributed by atoms with Gasteiger partial charge in [-0.15, -0.1) is 0 Å². The van der Waals surface area contributed by atoms with Gasteiger partial charge in [0.15, 0.2) is 12.4 Å². The van der Waals surface area contributed by atoms with E-state index in [2.05, 4.69) is 0 Å². The molecule has 0 radical (unpaired) electrons. The monoisotopic (exact) mass is 425 g/mol. The van der Waals surface area contributed by atoms with Crippen LogP contribution in [0.4, 0.5) is 5.69 Å². The Morgan fingerprint density at radius 3 is 2.39 bits per heavy atom. The largest absolute Gasteiger partial charge is 0.486 e. The van der Waals surface area contributed by atoms with E-state index in [1.807, 2.05) is 44.2 Å². The summed E-state index contributed by atoms with van der Waals surface area (Å²) in [4.78, 5) is 36.2. The molecule has 1 unspecified atom stereocenters. The molecule has 2 aromatic carbocycles. The molecule has 0 fully saturated rings. The van der Waals surface area contributed by atoms with Gasteiger partial charge in [0.1, 0.15) is 24.1 Å². The second-order valence-corrected chi connectivity index (χ2v) is 7.57. The maximum absolute atomic E-state index is 12.0. The molecule has 1 atom stereocenters. The van der Waals surface area contributed by atoms with Gasteiger partial charge in [-0.25, -0.2) is 4.79 Å². The zero-order valence-corrected chi connectivity index (χ0v) is 18.3. The predicted octanol–water partition coefficient (Wildman–Crippen LogP) is 3.17. The molecule has 2 aliphatic rings. The van der Waals surface area contributed by atoms with Crippen LogP contribution in [0, 0.1) is 13.8 Å². The number of benzene rings is 2. The van der Waals surface area contributed by atoms with Crippen molar-refractivity contribution in [2.24, 2.45) is 0 Å². The summed E-state index contributed by atoms with van der Waals surface area (Å²) in [5.41, 5.74) is 3.83. The van der Waals surface area contributed by atoms with Crippen LogP contribution in [-0.4, -0.2) is 43.5 Å². The van der Waals surface area contributed by atoms with Gasteiger partial charge in [-0.2, -0.15) is 0 Å². The van der Waals surface area contributed by atoms with Gasteiger partial charge in [-0.1, -0.05) is 18.2 Å². The third kappa shape index (κ3) is 5.23. The number of anilines is 1. The summed E-state index contributed by atoms with van der Waals surface area (Å²) in [7, 11) is 0. The number of rotatable bonds is 3. The third-order valence-electron chi connectivity index (χ3n) is 5.01. The standard InChI is InChI=1S/C14H17NO4.C10H10O2/c1-4-18-14(17)10(3)15-11-6-5-9(2)7-12(11)19-8-13(15)16;1-7-2-3-8-5-9(11)6-12-10(8)4-7/h5-7,10H,4,8H2,1-3H3;2-4H,5-6H2,1H3. The number of aryl methyl sites for hydroxylation is 2. The Morgan fingerprint density at radius 2 is 1.68 bits per heavy atom. The molecule has 0 bridgehead atoms. The number of hydrogen-bond acceptors (Lipinski definition) is 6. The summed E-state index contributed by atoms with van der Waals surface area (Å²) in [6.45, 7) is 7.83. The summed E-state index contributed by atoms with van der Waals surface area (Å²) in [5, 5.41) is 0. The highest BCUT2D eigenvalue weighted by atomic mass is 16.5. The summed E-state index contributed by atoms with van der Waals surface area (Å²) >= 11 is 0. The van der Waals surface area contributed by atoms with Crippen LogP contribution in [0.15, 0.2) is 36.4 Å². The molecule has 0 saturated heterocycles. The van der Waals surface area contributed by atoms with E-state index in [-0.39, 0.29) is 24.9 Å². The fourth-order valence-corrected chi connectivity index (χ4v) is 3.44. The van der Waals surface area contributed by atoms with E-state index in [9.17, 15) is 14.4 Å². The first-order valence-electron chi connectivity index (χ1n) is 10.3. The number of carbonyl (C=O) groups is 3. The zero-order valence-electron chi connectivity index (χ0n) is 18.3. The first kappa shape index (κ1) is 22.3. The number of Topliss-reactive ketones (excluding diaryl/α,β-unsaturated/α-hetero) is 1. The van der Waals surface area contributed by atoms with Crippen LogP contribution in [-0.2, 0) is 25.5 Å². The molecule has 0 aliphatic carbocycles. The van der Waals surface area contributed by atoms with E-state index in [0.717, 1.165) is 16.9 Å². The molecule has 7 nitrogen and oxygen atoms in total. The smallest absolute Gasteiger partial charge is 0.328 e. The van der Waals surface area contributed by atoms with E-state index in [4.69, 9.17) is 14.2 Å². The quantitative estimate of drug-likeness (QED) is 0.703. The molecule has 0 spiro atoms. The minimum Gasteiger partial charge on any atom is -0.486 e. The summed E-state index contributed by atoms with van der Waals surface area (Å²) in [6.07, 6.45) is 0.523.